The molecule has 0 aliphatic rings. The van der Waals surface area contributed by atoms with E-state index in [0.29, 0.717) is 30.8 Å². The summed E-state index contributed by atoms with van der Waals surface area (Å²) in [5, 5.41) is 3.77. The SMILES string of the molecule is C=CCCOc1ccc(F)c(-c2ccccc2C(=O)NC(CC)C(=O)N(C)OC)c1. The Morgan fingerprint density at radius 3 is 2.63 bits per heavy atom. The van der Waals surface area contributed by atoms with Crippen molar-refractivity contribution in [3.05, 3.63) is 66.5 Å². The van der Waals surface area contributed by atoms with Gasteiger partial charge in [0, 0.05) is 18.2 Å². The van der Waals surface area contributed by atoms with Crippen molar-refractivity contribution in [2.75, 3.05) is 20.8 Å². The summed E-state index contributed by atoms with van der Waals surface area (Å²) in [7, 11) is 2.84. The maximum absolute atomic E-state index is 14.6. The van der Waals surface area contributed by atoms with E-state index in [1.165, 1.54) is 26.3 Å². The van der Waals surface area contributed by atoms with E-state index < -0.39 is 17.8 Å². The van der Waals surface area contributed by atoms with E-state index in [2.05, 4.69) is 11.9 Å². The van der Waals surface area contributed by atoms with E-state index in [1.807, 2.05) is 0 Å². The van der Waals surface area contributed by atoms with Crippen molar-refractivity contribution in [2.24, 2.45) is 0 Å². The zero-order valence-corrected chi connectivity index (χ0v) is 17.5. The molecule has 1 N–H and O–H groups in total. The van der Waals surface area contributed by atoms with Gasteiger partial charge in [0.2, 0.25) is 0 Å². The molecule has 30 heavy (non-hydrogen) atoms. The van der Waals surface area contributed by atoms with Gasteiger partial charge in [0.05, 0.1) is 13.7 Å². The lowest BCUT2D eigenvalue weighted by Gasteiger charge is -2.22. The Hall–Kier alpha value is -3.19. The van der Waals surface area contributed by atoms with Crippen LogP contribution in [0, 0.1) is 5.82 Å². The minimum Gasteiger partial charge on any atom is -0.493 e. The Labute approximate surface area is 176 Å². The number of hydroxylamine groups is 2. The molecule has 2 rings (SSSR count). The molecule has 1 unspecified atom stereocenters. The molecule has 7 heteroatoms. The van der Waals surface area contributed by atoms with Gasteiger partial charge in [-0.3, -0.25) is 14.4 Å². The average Bonchev–Trinajstić information content (AvgIpc) is 2.77. The van der Waals surface area contributed by atoms with Crippen LogP contribution in [0.2, 0.25) is 0 Å². The molecule has 0 aliphatic heterocycles. The lowest BCUT2D eigenvalue weighted by molar-refractivity contribution is -0.170. The number of carbonyl (C=O) groups is 2. The Morgan fingerprint density at radius 2 is 1.97 bits per heavy atom. The summed E-state index contributed by atoms with van der Waals surface area (Å²) in [6.07, 6.45) is 2.77. The molecule has 0 heterocycles. The van der Waals surface area contributed by atoms with E-state index >= 15 is 0 Å². The summed E-state index contributed by atoms with van der Waals surface area (Å²) in [4.78, 5) is 30.2. The number of nitrogens with one attached hydrogen (secondary N) is 1. The first-order valence-electron chi connectivity index (χ1n) is 9.68. The summed E-state index contributed by atoms with van der Waals surface area (Å²) in [5.74, 6) is -0.845. The highest BCUT2D eigenvalue weighted by Gasteiger charge is 2.24. The number of rotatable bonds is 10. The summed E-state index contributed by atoms with van der Waals surface area (Å²) < 4.78 is 20.2. The fourth-order valence-electron chi connectivity index (χ4n) is 2.86. The van der Waals surface area contributed by atoms with E-state index in [0.717, 1.165) is 5.06 Å². The molecule has 0 bridgehead atoms. The Kier molecular flexibility index (Phi) is 8.55. The van der Waals surface area contributed by atoms with Crippen LogP contribution in [0.15, 0.2) is 55.1 Å². The highest BCUT2D eigenvalue weighted by Crippen LogP contribution is 2.30. The van der Waals surface area contributed by atoms with E-state index in [4.69, 9.17) is 9.57 Å². The number of likely N-dealkylation sites (N-methyl/N-ethyl adjacent to an activating group) is 1. The number of carbonyl (C=O) groups excluding carboxylic acids is 2. The van der Waals surface area contributed by atoms with Gasteiger partial charge >= 0.3 is 0 Å². The zero-order chi connectivity index (χ0) is 22.1. The largest absolute Gasteiger partial charge is 0.493 e. The van der Waals surface area contributed by atoms with Crippen LogP contribution < -0.4 is 10.1 Å². The number of amides is 2. The molecule has 0 fully saturated rings. The highest BCUT2D eigenvalue weighted by atomic mass is 19.1. The fourth-order valence-corrected chi connectivity index (χ4v) is 2.86. The van der Waals surface area contributed by atoms with Crippen molar-refractivity contribution in [3.63, 3.8) is 0 Å². The van der Waals surface area contributed by atoms with E-state index in [9.17, 15) is 14.0 Å². The quantitative estimate of drug-likeness (QED) is 0.363. The second-order valence-electron chi connectivity index (χ2n) is 6.57. The first-order valence-corrected chi connectivity index (χ1v) is 9.68. The van der Waals surface area contributed by atoms with Crippen molar-refractivity contribution in [3.8, 4) is 16.9 Å². The van der Waals surface area contributed by atoms with Crippen LogP contribution >= 0.6 is 0 Å². The van der Waals surface area contributed by atoms with Crippen LogP contribution in [0.5, 0.6) is 5.75 Å². The van der Waals surface area contributed by atoms with E-state index in [1.54, 1.807) is 43.3 Å². The molecule has 160 valence electrons. The van der Waals surface area contributed by atoms with Gasteiger partial charge in [0.25, 0.3) is 11.8 Å². The maximum Gasteiger partial charge on any atom is 0.268 e. The average molecular weight is 414 g/mol. The standard InChI is InChI=1S/C23H27FN2O4/c1-5-7-14-30-16-12-13-20(24)19(15-16)17-10-8-9-11-18(17)22(27)25-21(6-2)23(28)26(3)29-4/h5,8-13,15,21H,1,6-7,14H2,2-4H3,(H,25,27). The number of halogens is 1. The molecule has 6 nitrogen and oxygen atoms in total. The van der Waals surface area contributed by atoms with Gasteiger partial charge in [-0.25, -0.2) is 9.45 Å². The Balaban J connectivity index is 2.33. The van der Waals surface area contributed by atoms with Crippen LogP contribution in [0.1, 0.15) is 30.1 Å². The Morgan fingerprint density at radius 1 is 1.23 bits per heavy atom. The summed E-state index contributed by atoms with van der Waals surface area (Å²) in [6.45, 7) is 5.84. The molecule has 0 saturated carbocycles. The van der Waals surface area contributed by atoms with Gasteiger partial charge in [-0.05, 0) is 42.7 Å². The summed E-state index contributed by atoms with van der Waals surface area (Å²) in [6, 6.07) is 10.3. The lowest BCUT2D eigenvalue weighted by atomic mass is 9.98. The smallest absolute Gasteiger partial charge is 0.268 e. The highest BCUT2D eigenvalue weighted by molar-refractivity contribution is 6.02. The minimum absolute atomic E-state index is 0.241. The molecule has 2 aromatic rings. The van der Waals surface area contributed by atoms with Gasteiger partial charge in [-0.1, -0.05) is 31.2 Å². The third-order valence-electron chi connectivity index (χ3n) is 4.59. The third kappa shape index (κ3) is 5.67. The van der Waals surface area contributed by atoms with Crippen molar-refractivity contribution in [1.29, 1.82) is 0 Å². The van der Waals surface area contributed by atoms with Gasteiger partial charge in [0.15, 0.2) is 0 Å². The van der Waals surface area contributed by atoms with Crippen molar-refractivity contribution in [1.82, 2.24) is 10.4 Å². The van der Waals surface area contributed by atoms with Crippen LogP contribution in [-0.4, -0.2) is 43.7 Å². The molecule has 0 saturated heterocycles. The maximum atomic E-state index is 14.6. The van der Waals surface area contributed by atoms with Gasteiger partial charge < -0.3 is 10.1 Å². The number of hydrogen-bond acceptors (Lipinski definition) is 4. The molecular weight excluding hydrogens is 387 g/mol. The molecule has 0 aliphatic carbocycles. The number of benzene rings is 2. The molecule has 0 radical (unpaired) electrons. The topological polar surface area (TPSA) is 67.9 Å². The lowest BCUT2D eigenvalue weighted by Crippen LogP contribution is -2.46. The summed E-state index contributed by atoms with van der Waals surface area (Å²) >= 11 is 0. The van der Waals surface area contributed by atoms with Crippen molar-refractivity contribution in [2.45, 2.75) is 25.8 Å². The number of hydrogen-bond donors (Lipinski definition) is 1. The predicted octanol–water partition coefficient (Wildman–Crippen LogP) is 3.98. The van der Waals surface area contributed by atoms with Crippen molar-refractivity contribution >= 4 is 11.8 Å². The molecule has 2 aromatic carbocycles. The van der Waals surface area contributed by atoms with Gasteiger partial charge in [0.1, 0.15) is 17.6 Å². The number of nitrogens with zero attached hydrogens (tertiary/aromatic N) is 1. The van der Waals surface area contributed by atoms with Gasteiger partial charge in [-0.15, -0.1) is 6.58 Å². The van der Waals surface area contributed by atoms with E-state index in [-0.39, 0.29) is 17.0 Å². The normalized spacial score (nSPS) is 11.5. The first-order chi connectivity index (χ1) is 14.4. The monoisotopic (exact) mass is 414 g/mol. The fraction of sp³-hybridized carbons (Fsp3) is 0.304. The third-order valence-corrected chi connectivity index (χ3v) is 4.59. The minimum atomic E-state index is -0.770. The molecule has 0 aromatic heterocycles. The second kappa shape index (κ2) is 11.1. The van der Waals surface area contributed by atoms with Crippen LogP contribution in [0.4, 0.5) is 4.39 Å². The number of ether oxygens (including phenoxy) is 1. The first kappa shape index (κ1) is 23.1. The second-order valence-corrected chi connectivity index (χ2v) is 6.57. The van der Waals surface area contributed by atoms with Crippen LogP contribution in [0.3, 0.4) is 0 Å². The van der Waals surface area contributed by atoms with Gasteiger partial charge in [-0.2, -0.15) is 0 Å². The Bertz CT molecular complexity index is 901. The molecule has 1 atom stereocenters. The molecule has 0 spiro atoms. The van der Waals surface area contributed by atoms with Crippen LogP contribution in [0.25, 0.3) is 11.1 Å². The summed E-state index contributed by atoms with van der Waals surface area (Å²) in [5.41, 5.74) is 0.903. The van der Waals surface area contributed by atoms with Crippen LogP contribution in [-0.2, 0) is 9.63 Å². The van der Waals surface area contributed by atoms with Crippen molar-refractivity contribution < 1.29 is 23.6 Å². The molecular formula is C23H27FN2O4. The zero-order valence-electron chi connectivity index (χ0n) is 17.5. The molecule has 2 amide bonds. The predicted molar refractivity (Wildman–Crippen MR) is 113 cm³/mol.